The van der Waals surface area contributed by atoms with Crippen molar-refractivity contribution in [1.82, 2.24) is 0 Å². The second-order valence-corrected chi connectivity index (χ2v) is 14.7. The molecule has 4 heteroatoms. The second-order valence-electron chi connectivity index (χ2n) is 14.7. The van der Waals surface area contributed by atoms with Crippen molar-refractivity contribution in [2.45, 2.75) is 246 Å². The Balaban J connectivity index is 4.59. The maximum absolute atomic E-state index is 12.9. The summed E-state index contributed by atoms with van der Waals surface area (Å²) in [6, 6.07) is 0. The largest absolute Gasteiger partial charge is 0.462 e. The highest BCUT2D eigenvalue weighted by atomic mass is 16.5. The number of hydrogen-bond donors (Lipinski definition) is 0. The van der Waals surface area contributed by atoms with Crippen LogP contribution in [0.25, 0.3) is 0 Å². The Morgan fingerprint density at radius 1 is 0.370 bits per heavy atom. The van der Waals surface area contributed by atoms with Gasteiger partial charge in [-0.1, -0.05) is 170 Å². The number of rotatable bonds is 35. The molecule has 0 N–H and O–H groups in total. The molecule has 0 saturated heterocycles. The summed E-state index contributed by atoms with van der Waals surface area (Å²) in [5.41, 5.74) is 0. The predicted molar refractivity (Wildman–Crippen MR) is 199 cm³/mol. The molecule has 0 fully saturated rings. The molecule has 0 spiro atoms. The highest BCUT2D eigenvalue weighted by Gasteiger charge is 2.23. The number of esters is 2. The third-order valence-electron chi connectivity index (χ3n) is 10.1. The van der Waals surface area contributed by atoms with E-state index in [0.29, 0.717) is 37.5 Å². The van der Waals surface area contributed by atoms with Crippen molar-refractivity contribution in [1.29, 1.82) is 0 Å². The van der Waals surface area contributed by atoms with Crippen LogP contribution in [0.1, 0.15) is 234 Å². The van der Waals surface area contributed by atoms with E-state index in [1.165, 1.54) is 128 Å². The third-order valence-corrected chi connectivity index (χ3v) is 10.1. The van der Waals surface area contributed by atoms with Crippen molar-refractivity contribution in [2.24, 2.45) is 11.8 Å². The first-order chi connectivity index (χ1) is 22.4. The molecule has 274 valence electrons. The van der Waals surface area contributed by atoms with Gasteiger partial charge < -0.3 is 9.47 Å². The van der Waals surface area contributed by atoms with E-state index >= 15 is 0 Å². The van der Waals surface area contributed by atoms with Crippen molar-refractivity contribution in [3.63, 3.8) is 0 Å². The highest BCUT2D eigenvalue weighted by molar-refractivity contribution is 5.70. The molecular weight excluding hydrogens is 568 g/mol. The first kappa shape index (κ1) is 44.9. The molecule has 4 nitrogen and oxygen atoms in total. The minimum atomic E-state index is -0.0857. The smallest absolute Gasteiger partial charge is 0.306 e. The van der Waals surface area contributed by atoms with Gasteiger partial charge in [0.2, 0.25) is 0 Å². The number of ether oxygens (including phenoxy) is 2. The van der Waals surface area contributed by atoms with Gasteiger partial charge >= 0.3 is 11.9 Å². The zero-order valence-electron chi connectivity index (χ0n) is 32.2. The quantitative estimate of drug-likeness (QED) is 0.0506. The normalized spacial score (nSPS) is 14.1. The van der Waals surface area contributed by atoms with E-state index in [4.69, 9.17) is 9.47 Å². The van der Waals surface area contributed by atoms with E-state index in [-0.39, 0.29) is 24.1 Å². The van der Waals surface area contributed by atoms with Crippen molar-refractivity contribution in [3.8, 4) is 0 Å². The summed E-state index contributed by atoms with van der Waals surface area (Å²) in [4.78, 5) is 25.7. The Hall–Kier alpha value is -1.06. The standard InChI is InChI=1S/C42H82O4/c1-7-11-15-17-19-21-23-27-33-39(37(5)31-25-13-9-3)45-41(43)35-29-30-36-42(44)46-40(38(6)32-26-14-10-4)34-28-24-22-20-18-16-12-8-2/h37-40H,7-36H2,1-6H3. The Morgan fingerprint density at radius 3 is 0.957 bits per heavy atom. The van der Waals surface area contributed by atoms with Crippen LogP contribution in [0.5, 0.6) is 0 Å². The SMILES string of the molecule is CCCCCCCCCCC(OC(=O)CCCCC(=O)OC(CCCCCCCCCC)C(C)CCCCC)C(C)CCCCC. The topological polar surface area (TPSA) is 52.6 Å². The molecule has 0 heterocycles. The monoisotopic (exact) mass is 651 g/mol. The summed E-state index contributed by atoms with van der Waals surface area (Å²) in [6.45, 7) is 13.5. The maximum Gasteiger partial charge on any atom is 0.306 e. The molecule has 0 aromatic heterocycles. The van der Waals surface area contributed by atoms with Crippen molar-refractivity contribution in [2.75, 3.05) is 0 Å². The summed E-state index contributed by atoms with van der Waals surface area (Å²) in [5.74, 6) is 0.648. The van der Waals surface area contributed by atoms with Crippen molar-refractivity contribution < 1.29 is 19.1 Å². The van der Waals surface area contributed by atoms with E-state index < -0.39 is 0 Å². The van der Waals surface area contributed by atoms with Crippen LogP contribution < -0.4 is 0 Å². The summed E-state index contributed by atoms with van der Waals surface area (Å²) in [5, 5.41) is 0. The molecule has 0 saturated carbocycles. The lowest BCUT2D eigenvalue weighted by atomic mass is 9.93. The molecule has 4 unspecified atom stereocenters. The van der Waals surface area contributed by atoms with Crippen LogP contribution in [-0.2, 0) is 19.1 Å². The fourth-order valence-corrected chi connectivity index (χ4v) is 6.68. The number of unbranched alkanes of at least 4 members (excludes halogenated alkanes) is 19. The molecule has 0 aromatic rings. The number of carbonyl (C=O) groups is 2. The van der Waals surface area contributed by atoms with E-state index in [2.05, 4.69) is 41.5 Å². The van der Waals surface area contributed by atoms with Crippen LogP contribution >= 0.6 is 0 Å². The molecular formula is C42H82O4. The lowest BCUT2D eigenvalue weighted by molar-refractivity contribution is -0.154. The van der Waals surface area contributed by atoms with Crippen LogP contribution in [-0.4, -0.2) is 24.1 Å². The van der Waals surface area contributed by atoms with Crippen LogP contribution in [0, 0.1) is 11.8 Å². The first-order valence-electron chi connectivity index (χ1n) is 20.8. The predicted octanol–water partition coefficient (Wildman–Crippen LogP) is 13.9. The van der Waals surface area contributed by atoms with Gasteiger partial charge in [0.1, 0.15) is 12.2 Å². The molecule has 0 aromatic carbocycles. The fourth-order valence-electron chi connectivity index (χ4n) is 6.68. The maximum atomic E-state index is 12.9. The molecule has 0 amide bonds. The fraction of sp³-hybridized carbons (Fsp3) is 0.952. The van der Waals surface area contributed by atoms with Crippen molar-refractivity contribution in [3.05, 3.63) is 0 Å². The van der Waals surface area contributed by atoms with Gasteiger partial charge in [-0.15, -0.1) is 0 Å². The zero-order valence-corrected chi connectivity index (χ0v) is 32.2. The van der Waals surface area contributed by atoms with Gasteiger partial charge in [-0.2, -0.15) is 0 Å². The highest BCUT2D eigenvalue weighted by Crippen LogP contribution is 2.24. The van der Waals surface area contributed by atoms with Gasteiger partial charge in [0, 0.05) is 12.8 Å². The van der Waals surface area contributed by atoms with Gasteiger partial charge in [-0.25, -0.2) is 0 Å². The van der Waals surface area contributed by atoms with E-state index in [1.54, 1.807) is 0 Å². The van der Waals surface area contributed by atoms with Crippen LogP contribution in [0.3, 0.4) is 0 Å². The zero-order chi connectivity index (χ0) is 34.1. The van der Waals surface area contributed by atoms with Crippen molar-refractivity contribution >= 4 is 11.9 Å². The van der Waals surface area contributed by atoms with Gasteiger partial charge in [0.15, 0.2) is 0 Å². The number of hydrogen-bond acceptors (Lipinski definition) is 4. The van der Waals surface area contributed by atoms with Gasteiger partial charge in [0.25, 0.3) is 0 Å². The molecule has 46 heavy (non-hydrogen) atoms. The van der Waals surface area contributed by atoms with E-state index in [0.717, 1.165) is 38.5 Å². The molecule has 0 bridgehead atoms. The average molecular weight is 651 g/mol. The molecule has 0 aliphatic carbocycles. The average Bonchev–Trinajstić information content (AvgIpc) is 3.04. The summed E-state index contributed by atoms with van der Waals surface area (Å²) in [6.07, 6.45) is 34.6. The van der Waals surface area contributed by atoms with Crippen LogP contribution in [0.4, 0.5) is 0 Å². The Morgan fingerprint density at radius 2 is 0.630 bits per heavy atom. The summed E-state index contributed by atoms with van der Waals surface area (Å²) >= 11 is 0. The Kier molecular flexibility index (Phi) is 33.0. The molecule has 0 radical (unpaired) electrons. The number of carbonyl (C=O) groups excluding carboxylic acids is 2. The summed E-state index contributed by atoms with van der Waals surface area (Å²) in [7, 11) is 0. The molecule has 0 aliphatic rings. The molecule has 0 aliphatic heterocycles. The summed E-state index contributed by atoms with van der Waals surface area (Å²) < 4.78 is 12.2. The second kappa shape index (κ2) is 33.8. The van der Waals surface area contributed by atoms with Gasteiger partial charge in [-0.3, -0.25) is 9.59 Å². The van der Waals surface area contributed by atoms with Gasteiger partial charge in [-0.05, 0) is 63.2 Å². The third kappa shape index (κ3) is 28.0. The van der Waals surface area contributed by atoms with E-state index in [9.17, 15) is 9.59 Å². The minimum absolute atomic E-state index is 0.0284. The molecule has 0 rings (SSSR count). The molecule has 4 atom stereocenters. The van der Waals surface area contributed by atoms with Crippen LogP contribution in [0.2, 0.25) is 0 Å². The lowest BCUT2D eigenvalue weighted by Gasteiger charge is -2.25. The minimum Gasteiger partial charge on any atom is -0.462 e. The Bertz CT molecular complexity index is 606. The Labute approximate surface area is 288 Å². The van der Waals surface area contributed by atoms with Crippen LogP contribution in [0.15, 0.2) is 0 Å². The lowest BCUT2D eigenvalue weighted by Crippen LogP contribution is -2.26. The van der Waals surface area contributed by atoms with E-state index in [1.807, 2.05) is 0 Å². The first-order valence-corrected chi connectivity index (χ1v) is 20.8. The van der Waals surface area contributed by atoms with Gasteiger partial charge in [0.05, 0.1) is 0 Å².